The van der Waals surface area contributed by atoms with Gasteiger partial charge in [0.2, 0.25) is 0 Å². The lowest BCUT2D eigenvalue weighted by Crippen LogP contribution is -2.01. The molecule has 0 saturated heterocycles. The lowest BCUT2D eigenvalue weighted by molar-refractivity contribution is 0.841. The highest BCUT2D eigenvalue weighted by Crippen LogP contribution is 2.55. The van der Waals surface area contributed by atoms with Crippen molar-refractivity contribution in [1.29, 1.82) is 0 Å². The SMILES string of the molecule is C1=CCCC(c2nc(-c3cccc(-c4cccc(-n5c6ccccc6c6cc(C7=C8Sc9ccccc9C8CC=C7)ccc65)c4)c3)nc3ccccc23)=C1. The molecule has 2 aliphatic carbocycles. The summed E-state index contributed by atoms with van der Waals surface area (Å²) in [6, 6.07) is 50.8. The van der Waals surface area contributed by atoms with E-state index >= 15 is 0 Å². The minimum Gasteiger partial charge on any atom is -0.309 e. The van der Waals surface area contributed by atoms with E-state index < -0.39 is 0 Å². The van der Waals surface area contributed by atoms with E-state index in [2.05, 4.69) is 174 Å². The van der Waals surface area contributed by atoms with Gasteiger partial charge in [-0.3, -0.25) is 0 Å². The van der Waals surface area contributed by atoms with E-state index in [0.717, 1.165) is 64.1 Å². The molecule has 3 nitrogen and oxygen atoms in total. The zero-order valence-corrected chi connectivity index (χ0v) is 30.4. The Bertz CT molecular complexity index is 2960. The van der Waals surface area contributed by atoms with Crippen molar-refractivity contribution in [3.8, 4) is 28.2 Å². The van der Waals surface area contributed by atoms with Crippen LogP contribution in [-0.2, 0) is 0 Å². The van der Waals surface area contributed by atoms with E-state index in [1.807, 2.05) is 11.8 Å². The van der Waals surface area contributed by atoms with Crippen LogP contribution in [0.4, 0.5) is 0 Å². The second-order valence-corrected chi connectivity index (χ2v) is 15.5. The number of thioether (sulfide) groups is 1. The molecule has 2 aromatic heterocycles. The number of hydrogen-bond acceptors (Lipinski definition) is 3. The highest BCUT2D eigenvalue weighted by molar-refractivity contribution is 8.03. The first-order chi connectivity index (χ1) is 26.8. The van der Waals surface area contributed by atoms with Crippen molar-refractivity contribution >= 4 is 55.6 Å². The number of nitrogens with zero attached hydrogens (tertiary/aromatic N) is 3. The second kappa shape index (κ2) is 12.7. The van der Waals surface area contributed by atoms with Gasteiger partial charge in [0.25, 0.3) is 0 Å². The van der Waals surface area contributed by atoms with Gasteiger partial charge in [-0.25, -0.2) is 9.97 Å². The summed E-state index contributed by atoms with van der Waals surface area (Å²) in [5.74, 6) is 1.21. The van der Waals surface area contributed by atoms with Gasteiger partial charge in [-0.15, -0.1) is 0 Å². The molecule has 256 valence electrons. The van der Waals surface area contributed by atoms with Crippen LogP contribution in [0.15, 0.2) is 180 Å². The van der Waals surface area contributed by atoms with Gasteiger partial charge in [-0.05, 0) is 101 Å². The van der Waals surface area contributed by atoms with E-state index in [0.29, 0.717) is 5.92 Å². The first-order valence-electron chi connectivity index (χ1n) is 18.8. The van der Waals surface area contributed by atoms with Crippen molar-refractivity contribution in [2.75, 3.05) is 0 Å². The molecular weight excluding hydrogens is 675 g/mol. The molecule has 0 N–H and O–H groups in total. The third-order valence-corrected chi connectivity index (χ3v) is 12.5. The number of rotatable bonds is 5. The summed E-state index contributed by atoms with van der Waals surface area (Å²) in [6.07, 6.45) is 14.4. The van der Waals surface area contributed by atoms with Crippen molar-refractivity contribution in [1.82, 2.24) is 14.5 Å². The molecule has 1 unspecified atom stereocenters. The first-order valence-corrected chi connectivity index (χ1v) is 19.6. The monoisotopic (exact) mass is 709 g/mol. The third kappa shape index (κ3) is 5.13. The molecule has 0 amide bonds. The fourth-order valence-corrected chi connectivity index (χ4v) is 10.0. The number of aromatic nitrogens is 3. The lowest BCUT2D eigenvalue weighted by atomic mass is 9.87. The highest BCUT2D eigenvalue weighted by Gasteiger charge is 2.31. The zero-order valence-electron chi connectivity index (χ0n) is 29.6. The van der Waals surface area contributed by atoms with Crippen molar-refractivity contribution in [2.24, 2.45) is 0 Å². The van der Waals surface area contributed by atoms with Crippen LogP contribution in [0.1, 0.15) is 42.0 Å². The Kier molecular flexibility index (Phi) is 7.37. The Labute approximate surface area is 318 Å². The molecule has 3 heterocycles. The summed E-state index contributed by atoms with van der Waals surface area (Å²) < 4.78 is 2.42. The Morgan fingerprint density at radius 3 is 2.33 bits per heavy atom. The number of benzene rings is 6. The summed E-state index contributed by atoms with van der Waals surface area (Å²) in [4.78, 5) is 13.1. The quantitative estimate of drug-likeness (QED) is 0.178. The van der Waals surface area contributed by atoms with Crippen LogP contribution < -0.4 is 0 Å². The van der Waals surface area contributed by atoms with Gasteiger partial charge in [0, 0.05) is 43.1 Å². The predicted octanol–water partition coefficient (Wildman–Crippen LogP) is 13.4. The van der Waals surface area contributed by atoms with E-state index in [4.69, 9.17) is 9.97 Å². The molecule has 1 atom stereocenters. The van der Waals surface area contributed by atoms with Crippen LogP contribution in [0.5, 0.6) is 0 Å². The fourth-order valence-electron chi connectivity index (χ4n) is 8.64. The minimum absolute atomic E-state index is 0.450. The summed E-state index contributed by atoms with van der Waals surface area (Å²) in [5, 5.41) is 3.64. The normalized spacial score (nSPS) is 16.3. The van der Waals surface area contributed by atoms with E-state index in [9.17, 15) is 0 Å². The van der Waals surface area contributed by atoms with Crippen molar-refractivity contribution in [3.05, 3.63) is 192 Å². The molecule has 6 aromatic carbocycles. The standard InChI is InChI=1S/C50H35N3S/c1-2-13-32(14-3-1)48-42-21-4-7-24-44(42)51-50(52-48)36-17-10-15-33(29-36)34-16-11-18-37(30-34)53-45-25-8-5-19-39(45)43-31-35(27-28-46(43)53)38-22-12-23-41-40-20-6-9-26-47(40)54-49(38)41/h1-2,4-13,15-22,24-31,41H,3,14,23H2. The Morgan fingerprint density at radius 2 is 1.41 bits per heavy atom. The maximum atomic E-state index is 5.20. The molecule has 4 heteroatoms. The Hall–Kier alpha value is -6.23. The smallest absolute Gasteiger partial charge is 0.160 e. The van der Waals surface area contributed by atoms with E-state index in [1.165, 1.54) is 53.9 Å². The minimum atomic E-state index is 0.450. The van der Waals surface area contributed by atoms with Gasteiger partial charge in [0.15, 0.2) is 5.82 Å². The molecule has 11 rings (SSSR count). The van der Waals surface area contributed by atoms with Crippen LogP contribution in [0.25, 0.3) is 72.1 Å². The first kappa shape index (κ1) is 31.3. The van der Waals surface area contributed by atoms with E-state index in [-0.39, 0.29) is 0 Å². The number of allylic oxidation sites excluding steroid dienone is 8. The van der Waals surface area contributed by atoms with Gasteiger partial charge in [0.05, 0.1) is 22.2 Å². The van der Waals surface area contributed by atoms with Crippen LogP contribution in [0, 0.1) is 0 Å². The lowest BCUT2D eigenvalue weighted by Gasteiger charge is -2.19. The highest BCUT2D eigenvalue weighted by atomic mass is 32.2. The van der Waals surface area contributed by atoms with Crippen molar-refractivity contribution in [2.45, 2.75) is 30.1 Å². The Morgan fingerprint density at radius 1 is 0.611 bits per heavy atom. The summed E-state index contributed by atoms with van der Waals surface area (Å²) >= 11 is 1.95. The van der Waals surface area contributed by atoms with Gasteiger partial charge >= 0.3 is 0 Å². The predicted molar refractivity (Wildman–Crippen MR) is 227 cm³/mol. The van der Waals surface area contributed by atoms with Gasteiger partial charge < -0.3 is 4.57 Å². The van der Waals surface area contributed by atoms with Crippen LogP contribution in [-0.4, -0.2) is 14.5 Å². The summed E-state index contributed by atoms with van der Waals surface area (Å²) in [5.41, 5.74) is 14.2. The van der Waals surface area contributed by atoms with Gasteiger partial charge in [-0.2, -0.15) is 0 Å². The van der Waals surface area contributed by atoms with Crippen LogP contribution in [0.2, 0.25) is 0 Å². The topological polar surface area (TPSA) is 30.7 Å². The van der Waals surface area contributed by atoms with Crippen LogP contribution in [0.3, 0.4) is 0 Å². The molecule has 1 aliphatic heterocycles. The maximum absolute atomic E-state index is 5.20. The number of hydrogen-bond donors (Lipinski definition) is 0. The van der Waals surface area contributed by atoms with Crippen LogP contribution >= 0.6 is 11.8 Å². The molecule has 0 saturated carbocycles. The van der Waals surface area contributed by atoms with Crippen molar-refractivity contribution < 1.29 is 0 Å². The Balaban J connectivity index is 1.00. The summed E-state index contributed by atoms with van der Waals surface area (Å²) in [7, 11) is 0. The molecule has 0 radical (unpaired) electrons. The average molecular weight is 710 g/mol. The number of fused-ring (bicyclic) bond motifs is 7. The zero-order chi connectivity index (χ0) is 35.6. The maximum Gasteiger partial charge on any atom is 0.160 e. The average Bonchev–Trinajstić information content (AvgIpc) is 3.79. The van der Waals surface area contributed by atoms with Gasteiger partial charge in [-0.1, -0.05) is 133 Å². The second-order valence-electron chi connectivity index (χ2n) is 14.4. The molecular formula is C50H35N3S. The molecule has 8 aromatic rings. The summed E-state index contributed by atoms with van der Waals surface area (Å²) in [6.45, 7) is 0. The van der Waals surface area contributed by atoms with E-state index in [1.54, 1.807) is 0 Å². The molecule has 0 fully saturated rings. The molecule has 0 bridgehead atoms. The van der Waals surface area contributed by atoms with Gasteiger partial charge in [0.1, 0.15) is 0 Å². The largest absolute Gasteiger partial charge is 0.309 e. The third-order valence-electron chi connectivity index (χ3n) is 11.2. The molecule has 3 aliphatic rings. The number of para-hydroxylation sites is 2. The molecule has 0 spiro atoms. The molecule has 54 heavy (non-hydrogen) atoms. The fraction of sp³-hybridized carbons (Fsp3) is 0.0800. The van der Waals surface area contributed by atoms with Crippen molar-refractivity contribution in [3.63, 3.8) is 0 Å².